The van der Waals surface area contributed by atoms with Gasteiger partial charge in [0, 0.05) is 23.1 Å². The number of nitrogens with one attached hydrogen (secondary N) is 2. The van der Waals surface area contributed by atoms with Crippen molar-refractivity contribution < 1.29 is 8.98 Å². The molecule has 0 unspecified atom stereocenters. The molecule has 0 atom stereocenters. The van der Waals surface area contributed by atoms with Crippen molar-refractivity contribution in [3.8, 4) is 0 Å². The first kappa shape index (κ1) is 19.3. The summed E-state index contributed by atoms with van der Waals surface area (Å²) in [6.45, 7) is 1.98. The van der Waals surface area contributed by atoms with Gasteiger partial charge in [0.15, 0.2) is 0 Å². The zero-order valence-electron chi connectivity index (χ0n) is 15.4. The standard InChI is InChI=1S/C20H21ClN4O2S/c1-27-28-18-10-19-23-11-17(20(26)24-16-5-3-2-4-15(16)21)25(19)12-14(18)13-6-8-22-9-7-13/h2-5,10-13,22H,6-9H2,1H3,(H,24,26). The van der Waals surface area contributed by atoms with Crippen molar-refractivity contribution in [2.45, 2.75) is 23.7 Å². The third kappa shape index (κ3) is 3.89. The van der Waals surface area contributed by atoms with Gasteiger partial charge >= 0.3 is 0 Å². The van der Waals surface area contributed by atoms with E-state index in [1.807, 2.05) is 28.8 Å². The maximum atomic E-state index is 12.9. The van der Waals surface area contributed by atoms with Crippen molar-refractivity contribution in [3.05, 3.63) is 59.0 Å². The van der Waals surface area contributed by atoms with Crippen LogP contribution >= 0.6 is 23.6 Å². The molecule has 0 bridgehead atoms. The van der Waals surface area contributed by atoms with E-state index in [-0.39, 0.29) is 5.91 Å². The molecule has 1 fully saturated rings. The average molecular weight is 417 g/mol. The lowest BCUT2D eigenvalue weighted by atomic mass is 9.91. The molecule has 2 aromatic heterocycles. The molecule has 28 heavy (non-hydrogen) atoms. The Labute approximate surface area is 172 Å². The molecule has 1 saturated heterocycles. The second-order valence-corrected chi connectivity index (χ2v) is 8.02. The highest BCUT2D eigenvalue weighted by Gasteiger charge is 2.22. The van der Waals surface area contributed by atoms with Gasteiger partial charge in [-0.1, -0.05) is 23.7 Å². The molecule has 3 heterocycles. The van der Waals surface area contributed by atoms with Crippen molar-refractivity contribution in [1.82, 2.24) is 14.7 Å². The number of rotatable bonds is 5. The normalized spacial score (nSPS) is 15.1. The maximum absolute atomic E-state index is 12.9. The molecule has 1 aliphatic rings. The Morgan fingerprint density at radius 3 is 2.89 bits per heavy atom. The SMILES string of the molecule is COSc1cc2ncc(C(=O)Nc3ccccc3Cl)n2cc1C1CCNCC1. The Balaban J connectivity index is 1.71. The van der Waals surface area contributed by atoms with Crippen molar-refractivity contribution in [2.24, 2.45) is 0 Å². The van der Waals surface area contributed by atoms with Crippen LogP contribution in [0.15, 0.2) is 47.6 Å². The highest BCUT2D eigenvalue weighted by molar-refractivity contribution is 7.94. The number of pyridine rings is 1. The molecular formula is C20H21ClN4O2S. The summed E-state index contributed by atoms with van der Waals surface area (Å²) in [4.78, 5) is 18.3. The summed E-state index contributed by atoms with van der Waals surface area (Å²) in [5, 5.41) is 6.77. The predicted molar refractivity (Wildman–Crippen MR) is 112 cm³/mol. The van der Waals surface area contributed by atoms with Crippen LogP contribution in [0.1, 0.15) is 34.8 Å². The van der Waals surface area contributed by atoms with Gasteiger partial charge in [0.1, 0.15) is 11.3 Å². The number of carbonyl (C=O) groups is 1. The zero-order valence-corrected chi connectivity index (χ0v) is 17.0. The molecule has 0 spiro atoms. The number of benzene rings is 1. The van der Waals surface area contributed by atoms with E-state index in [0.29, 0.717) is 28.0 Å². The minimum atomic E-state index is -0.246. The summed E-state index contributed by atoms with van der Waals surface area (Å²) in [6.07, 6.45) is 5.73. The summed E-state index contributed by atoms with van der Waals surface area (Å²) in [7, 11) is 1.66. The van der Waals surface area contributed by atoms with Gasteiger partial charge < -0.3 is 14.8 Å². The largest absolute Gasteiger partial charge is 0.319 e. The third-order valence-electron chi connectivity index (χ3n) is 4.95. The number of imidazole rings is 1. The average Bonchev–Trinajstić information content (AvgIpc) is 3.13. The number of carbonyl (C=O) groups excluding carboxylic acids is 1. The Kier molecular flexibility index (Phi) is 5.87. The van der Waals surface area contributed by atoms with Crippen LogP contribution in [0.2, 0.25) is 5.02 Å². The number of amides is 1. The summed E-state index contributed by atoms with van der Waals surface area (Å²) < 4.78 is 7.18. The van der Waals surface area contributed by atoms with Gasteiger partial charge in [-0.05, 0) is 55.6 Å². The number of hydrogen-bond donors (Lipinski definition) is 2. The van der Waals surface area contributed by atoms with E-state index in [4.69, 9.17) is 15.8 Å². The number of hydrogen-bond acceptors (Lipinski definition) is 5. The fourth-order valence-corrected chi connectivity index (χ4v) is 4.37. The van der Waals surface area contributed by atoms with E-state index in [0.717, 1.165) is 30.8 Å². The van der Waals surface area contributed by atoms with E-state index in [2.05, 4.69) is 15.6 Å². The number of halogens is 1. The molecule has 146 valence electrons. The van der Waals surface area contributed by atoms with Gasteiger partial charge in [0.05, 0.1) is 24.0 Å². The molecule has 6 nitrogen and oxygen atoms in total. The molecule has 0 aliphatic carbocycles. The monoisotopic (exact) mass is 416 g/mol. The molecule has 3 aromatic rings. The Bertz CT molecular complexity index is 1000. The van der Waals surface area contributed by atoms with Crippen LogP contribution in [0, 0.1) is 0 Å². The van der Waals surface area contributed by atoms with Crippen molar-refractivity contribution in [2.75, 3.05) is 25.5 Å². The van der Waals surface area contributed by atoms with E-state index in [1.165, 1.54) is 17.6 Å². The van der Waals surface area contributed by atoms with Gasteiger partial charge in [0.25, 0.3) is 5.91 Å². The maximum Gasteiger partial charge on any atom is 0.274 e. The first-order valence-corrected chi connectivity index (χ1v) is 10.3. The molecule has 1 amide bonds. The summed E-state index contributed by atoms with van der Waals surface area (Å²) >= 11 is 7.51. The quantitative estimate of drug-likeness (QED) is 0.605. The lowest BCUT2D eigenvalue weighted by molar-refractivity contribution is 0.102. The van der Waals surface area contributed by atoms with Gasteiger partial charge in [0.2, 0.25) is 0 Å². The van der Waals surface area contributed by atoms with Crippen molar-refractivity contribution >= 4 is 40.9 Å². The number of piperidine rings is 1. The Hall–Kier alpha value is -2.06. The van der Waals surface area contributed by atoms with E-state index in [9.17, 15) is 4.79 Å². The van der Waals surface area contributed by atoms with Crippen molar-refractivity contribution in [3.63, 3.8) is 0 Å². The van der Waals surface area contributed by atoms with Crippen LogP contribution in [0.5, 0.6) is 0 Å². The summed E-state index contributed by atoms with van der Waals surface area (Å²) in [5.74, 6) is 0.175. The molecule has 4 rings (SSSR count). The first-order chi connectivity index (χ1) is 13.7. The lowest BCUT2D eigenvalue weighted by Crippen LogP contribution is -2.27. The van der Waals surface area contributed by atoms with E-state index < -0.39 is 0 Å². The first-order valence-electron chi connectivity index (χ1n) is 9.15. The summed E-state index contributed by atoms with van der Waals surface area (Å²) in [6, 6.07) is 9.16. The lowest BCUT2D eigenvalue weighted by Gasteiger charge is -2.25. The minimum Gasteiger partial charge on any atom is -0.319 e. The van der Waals surface area contributed by atoms with Gasteiger partial charge in [-0.2, -0.15) is 0 Å². The Morgan fingerprint density at radius 1 is 1.36 bits per heavy atom. The zero-order chi connectivity index (χ0) is 19.5. The predicted octanol–water partition coefficient (Wildman–Crippen LogP) is 4.36. The molecule has 0 saturated carbocycles. The molecule has 1 aromatic carbocycles. The van der Waals surface area contributed by atoms with Crippen LogP contribution in [-0.2, 0) is 4.18 Å². The Morgan fingerprint density at radius 2 is 2.14 bits per heavy atom. The fourth-order valence-electron chi connectivity index (χ4n) is 3.54. The van der Waals surface area contributed by atoms with Crippen molar-refractivity contribution in [1.29, 1.82) is 0 Å². The second-order valence-electron chi connectivity index (χ2n) is 6.67. The number of anilines is 1. The molecule has 8 heteroatoms. The van der Waals surface area contributed by atoms with Gasteiger partial charge in [-0.15, -0.1) is 0 Å². The number of para-hydroxylation sites is 1. The second kappa shape index (κ2) is 8.53. The number of aromatic nitrogens is 2. The highest BCUT2D eigenvalue weighted by atomic mass is 35.5. The van der Waals surface area contributed by atoms with E-state index >= 15 is 0 Å². The molecule has 1 aliphatic heterocycles. The highest BCUT2D eigenvalue weighted by Crippen LogP contribution is 2.35. The third-order valence-corrected chi connectivity index (χ3v) is 5.97. The van der Waals surface area contributed by atoms with Crippen LogP contribution in [0.25, 0.3) is 5.65 Å². The number of fused-ring (bicyclic) bond motifs is 1. The van der Waals surface area contributed by atoms with E-state index in [1.54, 1.807) is 25.4 Å². The van der Waals surface area contributed by atoms with Gasteiger partial charge in [-0.3, -0.25) is 9.20 Å². The van der Waals surface area contributed by atoms with Crippen LogP contribution in [0.4, 0.5) is 5.69 Å². The van der Waals surface area contributed by atoms with Crippen LogP contribution < -0.4 is 10.6 Å². The molecule has 0 radical (unpaired) electrons. The van der Waals surface area contributed by atoms with Crippen LogP contribution in [0.3, 0.4) is 0 Å². The topological polar surface area (TPSA) is 67.7 Å². The van der Waals surface area contributed by atoms with Gasteiger partial charge in [-0.25, -0.2) is 4.98 Å². The minimum absolute atomic E-state index is 0.246. The molecular weight excluding hydrogens is 396 g/mol. The smallest absolute Gasteiger partial charge is 0.274 e. The molecule has 2 N–H and O–H groups in total. The summed E-state index contributed by atoms with van der Waals surface area (Å²) in [5.41, 5.74) is 2.94. The van der Waals surface area contributed by atoms with Crippen LogP contribution in [-0.4, -0.2) is 35.5 Å². The fraction of sp³-hybridized carbons (Fsp3) is 0.300. The number of nitrogens with zero attached hydrogens (tertiary/aromatic N) is 2.